The predicted molar refractivity (Wildman–Crippen MR) is 104 cm³/mol. The molecule has 1 aromatic carbocycles. The Kier molecular flexibility index (Phi) is 5.57. The first-order valence-corrected chi connectivity index (χ1v) is 10.1. The number of benzene rings is 1. The molecule has 148 valence electrons. The second kappa shape index (κ2) is 8.26. The van der Waals surface area contributed by atoms with Crippen LogP contribution in [-0.4, -0.2) is 43.0 Å². The Balaban J connectivity index is 1.42. The standard InChI is InChI=1S/C20H21BrN2O5/c21-18-7-6-16(28-18)20(25)22-12-19(24)23-8-1-3-14(23)13-4-5-15-17(11-13)27-10-2-9-26-15/h4-7,11,14H,1-3,8-10,12H2,(H,22,25)/t14-/m1/s1. The van der Waals surface area contributed by atoms with Crippen molar-refractivity contribution in [3.05, 3.63) is 46.3 Å². The molecule has 2 aromatic rings. The van der Waals surface area contributed by atoms with Gasteiger partial charge in [-0.1, -0.05) is 6.07 Å². The van der Waals surface area contributed by atoms with Crippen LogP contribution in [0.2, 0.25) is 0 Å². The zero-order valence-electron chi connectivity index (χ0n) is 15.3. The zero-order chi connectivity index (χ0) is 19.5. The molecule has 2 aliphatic heterocycles. The van der Waals surface area contributed by atoms with Crippen molar-refractivity contribution in [3.63, 3.8) is 0 Å². The molecule has 0 saturated carbocycles. The van der Waals surface area contributed by atoms with E-state index < -0.39 is 5.91 Å². The molecule has 2 aliphatic rings. The van der Waals surface area contributed by atoms with E-state index in [0.29, 0.717) is 24.4 Å². The quantitative estimate of drug-likeness (QED) is 0.775. The maximum Gasteiger partial charge on any atom is 0.287 e. The van der Waals surface area contributed by atoms with Gasteiger partial charge in [-0.25, -0.2) is 0 Å². The van der Waals surface area contributed by atoms with Gasteiger partial charge in [-0.05, 0) is 58.6 Å². The van der Waals surface area contributed by atoms with Crippen LogP contribution in [0.4, 0.5) is 0 Å². The summed E-state index contributed by atoms with van der Waals surface area (Å²) < 4.78 is 17.1. The van der Waals surface area contributed by atoms with Gasteiger partial charge in [-0.15, -0.1) is 0 Å². The van der Waals surface area contributed by atoms with E-state index in [0.717, 1.165) is 36.3 Å². The van der Waals surface area contributed by atoms with Gasteiger partial charge in [0.2, 0.25) is 5.91 Å². The Labute approximate surface area is 171 Å². The predicted octanol–water partition coefficient (Wildman–Crippen LogP) is 3.30. The molecule has 0 radical (unpaired) electrons. The van der Waals surface area contributed by atoms with Crippen LogP contribution in [0.25, 0.3) is 0 Å². The fraction of sp³-hybridized carbons (Fsp3) is 0.400. The normalized spacial score (nSPS) is 18.6. The molecule has 2 amide bonds. The van der Waals surface area contributed by atoms with Crippen LogP contribution in [-0.2, 0) is 4.79 Å². The number of carbonyl (C=O) groups is 2. The van der Waals surface area contributed by atoms with Gasteiger partial charge in [0.05, 0.1) is 25.8 Å². The summed E-state index contributed by atoms with van der Waals surface area (Å²) in [6.07, 6.45) is 2.65. The van der Waals surface area contributed by atoms with Gasteiger partial charge in [0, 0.05) is 13.0 Å². The number of fused-ring (bicyclic) bond motifs is 1. The summed E-state index contributed by atoms with van der Waals surface area (Å²) in [6.45, 7) is 1.86. The molecular weight excluding hydrogens is 428 g/mol. The van der Waals surface area contributed by atoms with E-state index >= 15 is 0 Å². The lowest BCUT2D eigenvalue weighted by molar-refractivity contribution is -0.131. The molecule has 1 aromatic heterocycles. The molecule has 8 heteroatoms. The fourth-order valence-electron chi connectivity index (χ4n) is 3.58. The van der Waals surface area contributed by atoms with Gasteiger partial charge >= 0.3 is 0 Å². The summed E-state index contributed by atoms with van der Waals surface area (Å²) in [5.41, 5.74) is 1.02. The molecule has 0 aliphatic carbocycles. The highest BCUT2D eigenvalue weighted by molar-refractivity contribution is 9.10. The maximum absolute atomic E-state index is 12.7. The number of rotatable bonds is 4. The first-order chi connectivity index (χ1) is 13.6. The SMILES string of the molecule is O=C(NCC(=O)N1CCC[C@@H]1c1ccc2c(c1)OCCCO2)c1ccc(Br)o1. The van der Waals surface area contributed by atoms with Crippen molar-refractivity contribution in [1.29, 1.82) is 0 Å². The number of hydrogen-bond donors (Lipinski definition) is 1. The van der Waals surface area contributed by atoms with Gasteiger partial charge < -0.3 is 24.1 Å². The summed E-state index contributed by atoms with van der Waals surface area (Å²) in [4.78, 5) is 26.6. The van der Waals surface area contributed by atoms with Crippen LogP contribution >= 0.6 is 15.9 Å². The lowest BCUT2D eigenvalue weighted by Gasteiger charge is -2.25. The third kappa shape index (κ3) is 4.01. The first kappa shape index (κ1) is 18.9. The van der Waals surface area contributed by atoms with Crippen LogP contribution in [0.15, 0.2) is 39.4 Å². The zero-order valence-corrected chi connectivity index (χ0v) is 16.9. The van der Waals surface area contributed by atoms with E-state index in [1.807, 2.05) is 23.1 Å². The third-order valence-corrected chi connectivity index (χ3v) is 5.35. The van der Waals surface area contributed by atoms with E-state index in [2.05, 4.69) is 21.2 Å². The maximum atomic E-state index is 12.7. The molecule has 1 fully saturated rings. The van der Waals surface area contributed by atoms with Gasteiger partial charge in [0.15, 0.2) is 21.9 Å². The smallest absolute Gasteiger partial charge is 0.287 e. The van der Waals surface area contributed by atoms with Crippen molar-refractivity contribution in [2.24, 2.45) is 0 Å². The average Bonchev–Trinajstić information content (AvgIpc) is 3.29. The number of hydrogen-bond acceptors (Lipinski definition) is 5. The molecule has 0 spiro atoms. The highest BCUT2D eigenvalue weighted by Crippen LogP contribution is 2.37. The van der Waals surface area contributed by atoms with Crippen LogP contribution in [0.1, 0.15) is 41.4 Å². The van der Waals surface area contributed by atoms with E-state index in [-0.39, 0.29) is 24.3 Å². The average molecular weight is 449 g/mol. The second-order valence-corrected chi connectivity index (χ2v) is 7.57. The van der Waals surface area contributed by atoms with Crippen LogP contribution in [0.5, 0.6) is 11.5 Å². The molecule has 0 unspecified atom stereocenters. The third-order valence-electron chi connectivity index (χ3n) is 4.93. The minimum atomic E-state index is -0.412. The Morgan fingerprint density at radius 1 is 1.11 bits per heavy atom. The monoisotopic (exact) mass is 448 g/mol. The molecular formula is C20H21BrN2O5. The minimum absolute atomic E-state index is 0.0284. The molecule has 3 heterocycles. The highest BCUT2D eigenvalue weighted by atomic mass is 79.9. The Morgan fingerprint density at radius 2 is 1.93 bits per heavy atom. The van der Waals surface area contributed by atoms with Crippen LogP contribution in [0, 0.1) is 0 Å². The van der Waals surface area contributed by atoms with Crippen LogP contribution < -0.4 is 14.8 Å². The summed E-state index contributed by atoms with van der Waals surface area (Å²) in [6, 6.07) is 9.03. The van der Waals surface area contributed by atoms with Crippen LogP contribution in [0.3, 0.4) is 0 Å². The van der Waals surface area contributed by atoms with Crippen molar-refractivity contribution in [2.45, 2.75) is 25.3 Å². The Morgan fingerprint density at radius 3 is 2.71 bits per heavy atom. The summed E-state index contributed by atoms with van der Waals surface area (Å²) in [5.74, 6) is 1.11. The number of furan rings is 1. The molecule has 4 rings (SSSR count). The molecule has 1 atom stereocenters. The van der Waals surface area contributed by atoms with Gasteiger partial charge in [0.25, 0.3) is 5.91 Å². The summed E-state index contributed by atoms with van der Waals surface area (Å²) in [5, 5.41) is 2.63. The molecule has 0 bridgehead atoms. The number of halogens is 1. The number of amides is 2. The number of nitrogens with zero attached hydrogens (tertiary/aromatic N) is 1. The topological polar surface area (TPSA) is 81.0 Å². The highest BCUT2D eigenvalue weighted by Gasteiger charge is 2.31. The van der Waals surface area contributed by atoms with E-state index in [1.54, 1.807) is 12.1 Å². The van der Waals surface area contributed by atoms with Crippen molar-refractivity contribution in [2.75, 3.05) is 26.3 Å². The molecule has 28 heavy (non-hydrogen) atoms. The van der Waals surface area contributed by atoms with Gasteiger partial charge in [0.1, 0.15) is 0 Å². The molecule has 1 N–H and O–H groups in total. The fourth-order valence-corrected chi connectivity index (χ4v) is 3.89. The molecule has 7 nitrogen and oxygen atoms in total. The summed E-state index contributed by atoms with van der Waals surface area (Å²) >= 11 is 3.16. The second-order valence-electron chi connectivity index (χ2n) is 6.79. The van der Waals surface area contributed by atoms with Crippen molar-refractivity contribution < 1.29 is 23.5 Å². The number of carbonyl (C=O) groups excluding carboxylic acids is 2. The minimum Gasteiger partial charge on any atom is -0.490 e. The number of nitrogens with one attached hydrogen (secondary N) is 1. The van der Waals surface area contributed by atoms with Crippen molar-refractivity contribution in [1.82, 2.24) is 10.2 Å². The van der Waals surface area contributed by atoms with Crippen molar-refractivity contribution in [3.8, 4) is 11.5 Å². The molecule has 1 saturated heterocycles. The first-order valence-electron chi connectivity index (χ1n) is 9.34. The lowest BCUT2D eigenvalue weighted by atomic mass is 10.0. The Hall–Kier alpha value is -2.48. The Bertz CT molecular complexity index is 881. The number of ether oxygens (including phenoxy) is 2. The van der Waals surface area contributed by atoms with Gasteiger partial charge in [-0.3, -0.25) is 9.59 Å². The summed E-state index contributed by atoms with van der Waals surface area (Å²) in [7, 11) is 0. The van der Waals surface area contributed by atoms with E-state index in [9.17, 15) is 9.59 Å². The largest absolute Gasteiger partial charge is 0.490 e. The number of likely N-dealkylation sites (tertiary alicyclic amines) is 1. The lowest BCUT2D eigenvalue weighted by Crippen LogP contribution is -2.39. The van der Waals surface area contributed by atoms with Crippen molar-refractivity contribution >= 4 is 27.7 Å². The van der Waals surface area contributed by atoms with E-state index in [4.69, 9.17) is 13.9 Å². The van der Waals surface area contributed by atoms with E-state index in [1.165, 1.54) is 0 Å². The van der Waals surface area contributed by atoms with Gasteiger partial charge in [-0.2, -0.15) is 0 Å².